The fraction of sp³-hybridized carbons (Fsp3) is 0.323. The maximum Gasteiger partial charge on any atom is 0.253 e. The molecule has 6 heteroatoms. The zero-order valence-corrected chi connectivity index (χ0v) is 21.9. The van der Waals surface area contributed by atoms with Crippen molar-refractivity contribution >= 4 is 16.8 Å². The average Bonchev–Trinajstić information content (AvgIpc) is 3.34. The minimum absolute atomic E-state index is 0.112. The van der Waals surface area contributed by atoms with Crippen molar-refractivity contribution in [2.24, 2.45) is 0 Å². The molecule has 0 aliphatic carbocycles. The van der Waals surface area contributed by atoms with Gasteiger partial charge < -0.3 is 19.4 Å². The molecule has 0 spiro atoms. The van der Waals surface area contributed by atoms with Gasteiger partial charge in [-0.2, -0.15) is 0 Å². The van der Waals surface area contributed by atoms with Crippen LogP contribution >= 0.6 is 0 Å². The maximum atomic E-state index is 13.4. The summed E-state index contributed by atoms with van der Waals surface area (Å²) >= 11 is 0. The van der Waals surface area contributed by atoms with Gasteiger partial charge in [-0.3, -0.25) is 9.69 Å². The van der Waals surface area contributed by atoms with E-state index in [1.165, 1.54) is 11.1 Å². The summed E-state index contributed by atoms with van der Waals surface area (Å²) in [5, 5.41) is 1.10. The molecule has 1 saturated heterocycles. The fourth-order valence-corrected chi connectivity index (χ4v) is 5.28. The second-order valence-electron chi connectivity index (χ2n) is 9.53. The molecule has 2 heterocycles. The third-order valence-electron chi connectivity index (χ3n) is 7.40. The average molecular weight is 498 g/mol. The van der Waals surface area contributed by atoms with Crippen LogP contribution < -0.4 is 9.47 Å². The molecule has 4 aromatic rings. The van der Waals surface area contributed by atoms with E-state index < -0.39 is 0 Å². The van der Waals surface area contributed by atoms with Crippen molar-refractivity contribution in [2.45, 2.75) is 19.8 Å². The molecule has 0 bridgehead atoms. The van der Waals surface area contributed by atoms with Crippen molar-refractivity contribution in [3.05, 3.63) is 83.4 Å². The van der Waals surface area contributed by atoms with Gasteiger partial charge in [-0.05, 0) is 60.4 Å². The summed E-state index contributed by atoms with van der Waals surface area (Å²) in [4.78, 5) is 21.4. The number of rotatable bonds is 8. The number of carbonyl (C=O) groups excluding carboxylic acids is 1. The highest BCUT2D eigenvalue weighted by Crippen LogP contribution is 2.36. The number of piperazine rings is 1. The van der Waals surface area contributed by atoms with Crippen molar-refractivity contribution in [1.29, 1.82) is 0 Å². The zero-order chi connectivity index (χ0) is 25.8. The number of aromatic nitrogens is 1. The van der Waals surface area contributed by atoms with Gasteiger partial charge in [-0.1, -0.05) is 37.3 Å². The molecule has 1 amide bonds. The number of nitrogens with zero attached hydrogens (tertiary/aromatic N) is 2. The minimum Gasteiger partial charge on any atom is -0.493 e. The highest BCUT2D eigenvalue weighted by molar-refractivity contribution is 6.00. The Kier molecular flexibility index (Phi) is 7.47. The van der Waals surface area contributed by atoms with Gasteiger partial charge >= 0.3 is 0 Å². The SMILES string of the molecule is CCc1c(-c2ccc(OC)c(OC)c2)[nH]c2ccc(C(=O)N3CCN(CCc4ccccc4)CC3)cc12. The van der Waals surface area contributed by atoms with Crippen LogP contribution in [0.4, 0.5) is 0 Å². The molecule has 6 nitrogen and oxygen atoms in total. The number of benzene rings is 3. The molecule has 1 aromatic heterocycles. The van der Waals surface area contributed by atoms with Crippen molar-refractivity contribution < 1.29 is 14.3 Å². The van der Waals surface area contributed by atoms with E-state index in [0.717, 1.165) is 73.3 Å². The summed E-state index contributed by atoms with van der Waals surface area (Å²) in [6, 6.07) is 22.6. The predicted molar refractivity (Wildman–Crippen MR) is 149 cm³/mol. The topological polar surface area (TPSA) is 57.8 Å². The van der Waals surface area contributed by atoms with E-state index in [0.29, 0.717) is 11.5 Å². The van der Waals surface area contributed by atoms with Crippen LogP contribution in [0, 0.1) is 0 Å². The predicted octanol–water partition coefficient (Wildman–Crippen LogP) is 5.42. The van der Waals surface area contributed by atoms with Crippen LogP contribution in [-0.2, 0) is 12.8 Å². The van der Waals surface area contributed by atoms with Gasteiger partial charge in [0.2, 0.25) is 0 Å². The Morgan fingerprint density at radius 3 is 2.35 bits per heavy atom. The highest BCUT2D eigenvalue weighted by Gasteiger charge is 2.23. The van der Waals surface area contributed by atoms with E-state index in [2.05, 4.69) is 53.2 Å². The number of fused-ring (bicyclic) bond motifs is 1. The molecule has 37 heavy (non-hydrogen) atoms. The number of ether oxygens (including phenoxy) is 2. The molecule has 192 valence electrons. The van der Waals surface area contributed by atoms with E-state index in [1.807, 2.05) is 35.2 Å². The van der Waals surface area contributed by atoms with Gasteiger partial charge in [-0.25, -0.2) is 0 Å². The monoisotopic (exact) mass is 497 g/mol. The number of aryl methyl sites for hydroxylation is 1. The summed E-state index contributed by atoms with van der Waals surface area (Å²) in [5.41, 5.74) is 6.42. The molecule has 0 atom stereocenters. The van der Waals surface area contributed by atoms with Crippen molar-refractivity contribution in [3.63, 3.8) is 0 Å². The second-order valence-corrected chi connectivity index (χ2v) is 9.53. The summed E-state index contributed by atoms with van der Waals surface area (Å²) in [6.45, 7) is 6.52. The van der Waals surface area contributed by atoms with Gasteiger partial charge in [0.1, 0.15) is 0 Å². The third-order valence-corrected chi connectivity index (χ3v) is 7.40. The van der Waals surface area contributed by atoms with E-state index >= 15 is 0 Å². The summed E-state index contributed by atoms with van der Waals surface area (Å²) < 4.78 is 10.9. The standard InChI is InChI=1S/C31H35N3O3/c1-4-25-26-20-24(10-12-27(26)32-30(25)23-11-13-28(36-2)29(21-23)37-3)31(35)34-18-16-33(17-19-34)15-14-22-8-6-5-7-9-22/h5-13,20-21,32H,4,14-19H2,1-3H3. The molecule has 0 saturated carbocycles. The van der Waals surface area contributed by atoms with Gasteiger partial charge in [-0.15, -0.1) is 0 Å². The first-order chi connectivity index (χ1) is 18.1. The molecule has 1 aliphatic heterocycles. The van der Waals surface area contributed by atoms with Crippen molar-refractivity contribution in [3.8, 4) is 22.8 Å². The Morgan fingerprint density at radius 2 is 1.65 bits per heavy atom. The van der Waals surface area contributed by atoms with Crippen LogP contribution in [0.3, 0.4) is 0 Å². The van der Waals surface area contributed by atoms with Crippen LogP contribution in [0.5, 0.6) is 11.5 Å². The smallest absolute Gasteiger partial charge is 0.253 e. The Bertz CT molecular complexity index is 1370. The number of carbonyl (C=O) groups is 1. The van der Waals surface area contributed by atoms with Crippen LogP contribution in [-0.4, -0.2) is 67.6 Å². The molecule has 0 unspecified atom stereocenters. The summed E-state index contributed by atoms with van der Waals surface area (Å²) in [5.74, 6) is 1.51. The fourth-order valence-electron chi connectivity index (χ4n) is 5.28. The first-order valence-corrected chi connectivity index (χ1v) is 13.0. The largest absolute Gasteiger partial charge is 0.493 e. The Balaban J connectivity index is 1.31. The van der Waals surface area contributed by atoms with Crippen molar-refractivity contribution in [2.75, 3.05) is 46.9 Å². The molecule has 1 aliphatic rings. The van der Waals surface area contributed by atoms with Gasteiger partial charge in [0, 0.05) is 60.4 Å². The maximum absolute atomic E-state index is 13.4. The van der Waals surface area contributed by atoms with E-state index in [9.17, 15) is 4.79 Å². The molecule has 1 fully saturated rings. The number of nitrogens with one attached hydrogen (secondary N) is 1. The molecule has 1 N–H and O–H groups in total. The van der Waals surface area contributed by atoms with Gasteiger partial charge in [0.15, 0.2) is 11.5 Å². The molecular weight excluding hydrogens is 462 g/mol. The Morgan fingerprint density at radius 1 is 0.892 bits per heavy atom. The Labute approximate surface area is 218 Å². The zero-order valence-electron chi connectivity index (χ0n) is 21.9. The number of aromatic amines is 1. The lowest BCUT2D eigenvalue weighted by Crippen LogP contribution is -2.49. The van der Waals surface area contributed by atoms with E-state index in [4.69, 9.17) is 9.47 Å². The van der Waals surface area contributed by atoms with Crippen LogP contribution in [0.25, 0.3) is 22.2 Å². The quantitative estimate of drug-likeness (QED) is 0.353. The first kappa shape index (κ1) is 24.9. The lowest BCUT2D eigenvalue weighted by Gasteiger charge is -2.34. The van der Waals surface area contributed by atoms with E-state index in [-0.39, 0.29) is 5.91 Å². The number of hydrogen-bond donors (Lipinski definition) is 1. The number of hydrogen-bond acceptors (Lipinski definition) is 4. The van der Waals surface area contributed by atoms with Crippen LogP contribution in [0.1, 0.15) is 28.4 Å². The van der Waals surface area contributed by atoms with Crippen LogP contribution in [0.15, 0.2) is 66.7 Å². The lowest BCUT2D eigenvalue weighted by molar-refractivity contribution is 0.0638. The number of amides is 1. The molecule has 0 radical (unpaired) electrons. The van der Waals surface area contributed by atoms with E-state index in [1.54, 1.807) is 14.2 Å². The van der Waals surface area contributed by atoms with Crippen LogP contribution in [0.2, 0.25) is 0 Å². The van der Waals surface area contributed by atoms with Gasteiger partial charge in [0.25, 0.3) is 5.91 Å². The number of H-pyrrole nitrogens is 1. The normalized spacial score (nSPS) is 14.2. The second kappa shape index (κ2) is 11.1. The Hall–Kier alpha value is -3.77. The number of methoxy groups -OCH3 is 2. The highest BCUT2D eigenvalue weighted by atomic mass is 16.5. The first-order valence-electron chi connectivity index (χ1n) is 13.0. The lowest BCUT2D eigenvalue weighted by atomic mass is 10.0. The molecule has 5 rings (SSSR count). The summed E-state index contributed by atoms with van der Waals surface area (Å²) in [7, 11) is 3.29. The molecule has 3 aromatic carbocycles. The summed E-state index contributed by atoms with van der Waals surface area (Å²) in [6.07, 6.45) is 1.89. The third kappa shape index (κ3) is 5.20. The minimum atomic E-state index is 0.112. The molecular formula is C31H35N3O3. The van der Waals surface area contributed by atoms with Gasteiger partial charge in [0.05, 0.1) is 14.2 Å². The van der Waals surface area contributed by atoms with Crippen molar-refractivity contribution in [1.82, 2.24) is 14.8 Å².